The summed E-state index contributed by atoms with van der Waals surface area (Å²) in [5.41, 5.74) is 3.76. The Labute approximate surface area is 193 Å². The van der Waals surface area contributed by atoms with E-state index in [-0.39, 0.29) is 11.9 Å². The van der Waals surface area contributed by atoms with Crippen LogP contribution in [-0.2, 0) is 21.1 Å². The topological polar surface area (TPSA) is 95.9 Å². The van der Waals surface area contributed by atoms with Crippen LogP contribution >= 0.6 is 0 Å². The molecule has 1 unspecified atom stereocenters. The van der Waals surface area contributed by atoms with Crippen molar-refractivity contribution < 1.29 is 13.2 Å². The third kappa shape index (κ3) is 4.32. The number of aromatic nitrogens is 1. The molecule has 3 heterocycles. The fourth-order valence-electron chi connectivity index (χ4n) is 4.30. The maximum absolute atomic E-state index is 12.8. The number of benzene rings is 2. The van der Waals surface area contributed by atoms with Crippen LogP contribution in [0.1, 0.15) is 11.1 Å². The van der Waals surface area contributed by atoms with E-state index in [4.69, 9.17) is 9.72 Å². The smallest absolute Gasteiger partial charge is 0.284 e. The van der Waals surface area contributed by atoms with Crippen LogP contribution in [0.3, 0.4) is 0 Å². The van der Waals surface area contributed by atoms with Crippen LogP contribution in [0.15, 0.2) is 58.4 Å². The Kier molecular flexibility index (Phi) is 5.57. The highest BCUT2D eigenvalue weighted by molar-refractivity contribution is 7.91. The van der Waals surface area contributed by atoms with Crippen molar-refractivity contribution in [3.05, 3.63) is 59.7 Å². The molecule has 33 heavy (non-hydrogen) atoms. The summed E-state index contributed by atoms with van der Waals surface area (Å²) in [4.78, 5) is 11.4. The fraction of sp³-hybridized carbons (Fsp3) is 0.333. The summed E-state index contributed by atoms with van der Waals surface area (Å²) in [6.07, 6.45) is -0.0321. The molecule has 1 saturated heterocycles. The largest absolute Gasteiger partial charge is 0.458 e. The van der Waals surface area contributed by atoms with E-state index in [9.17, 15) is 8.42 Å². The van der Waals surface area contributed by atoms with E-state index in [0.29, 0.717) is 37.1 Å². The summed E-state index contributed by atoms with van der Waals surface area (Å²) < 4.78 is 31.4. The van der Waals surface area contributed by atoms with Gasteiger partial charge in [-0.25, -0.2) is 18.4 Å². The van der Waals surface area contributed by atoms with Crippen molar-refractivity contribution in [3.8, 4) is 0 Å². The number of nitrogens with zero attached hydrogens (tertiary/aromatic N) is 3. The number of amidine groups is 1. The first kappa shape index (κ1) is 21.5. The molecule has 3 aromatic rings. The van der Waals surface area contributed by atoms with E-state index in [1.165, 1.54) is 0 Å². The highest BCUT2D eigenvalue weighted by atomic mass is 32.2. The maximum Gasteiger partial charge on any atom is 0.284 e. The highest BCUT2D eigenvalue weighted by Crippen LogP contribution is 2.31. The number of rotatable bonds is 4. The second-order valence-electron chi connectivity index (χ2n) is 8.43. The number of hydrogen-bond acceptors (Lipinski definition) is 7. The van der Waals surface area contributed by atoms with Gasteiger partial charge in [-0.2, -0.15) is 0 Å². The van der Waals surface area contributed by atoms with Gasteiger partial charge >= 0.3 is 0 Å². The number of ether oxygens (including phenoxy) is 1. The first-order valence-corrected chi connectivity index (χ1v) is 12.7. The summed E-state index contributed by atoms with van der Waals surface area (Å²) in [5, 5.41) is 7.69. The number of aryl methyl sites for hydroxylation is 1. The molecule has 8 nitrogen and oxygen atoms in total. The lowest BCUT2D eigenvalue weighted by Gasteiger charge is -2.23. The summed E-state index contributed by atoms with van der Waals surface area (Å²) in [7, 11) is -1.63. The second kappa shape index (κ2) is 8.55. The summed E-state index contributed by atoms with van der Waals surface area (Å²) in [6, 6.07) is 16.0. The van der Waals surface area contributed by atoms with Gasteiger partial charge < -0.3 is 20.3 Å². The second-order valence-corrected chi connectivity index (χ2v) is 10.5. The molecule has 0 saturated carbocycles. The lowest BCUT2D eigenvalue weighted by molar-refractivity contribution is 0.243. The predicted octanol–water partition coefficient (Wildman–Crippen LogP) is 2.72. The van der Waals surface area contributed by atoms with Gasteiger partial charge in [0.2, 0.25) is 0 Å². The standard InChI is InChI=1S/C24H27N5O3S/c1-16-7-8-20-19(11-16)21(26-13-18-14-27-24(25-2)32-18)12-23(28-20)29-9-10-33(30,31)22-6-4-3-5-17(22)15-29/h3-8,11-12,18H,9-10,13-15H2,1-2H3,(H,25,27)(H,26,28). The minimum absolute atomic E-state index is 0.0321. The van der Waals surface area contributed by atoms with Gasteiger partial charge in [-0.3, -0.25) is 0 Å². The number of pyridine rings is 1. The summed E-state index contributed by atoms with van der Waals surface area (Å²) >= 11 is 0. The molecule has 2 aliphatic rings. The van der Waals surface area contributed by atoms with Gasteiger partial charge in [-0.15, -0.1) is 0 Å². The zero-order chi connectivity index (χ0) is 23.0. The van der Waals surface area contributed by atoms with Crippen molar-refractivity contribution in [2.75, 3.05) is 42.7 Å². The summed E-state index contributed by atoms with van der Waals surface area (Å²) in [6.45, 7) is 4.23. The minimum atomic E-state index is -3.33. The Morgan fingerprint density at radius 1 is 1.24 bits per heavy atom. The Bertz CT molecular complexity index is 1340. The van der Waals surface area contributed by atoms with Crippen molar-refractivity contribution >= 4 is 38.3 Å². The third-order valence-corrected chi connectivity index (χ3v) is 7.84. The molecule has 0 radical (unpaired) electrons. The highest BCUT2D eigenvalue weighted by Gasteiger charge is 2.26. The van der Waals surface area contributed by atoms with E-state index >= 15 is 0 Å². The average Bonchev–Trinajstić information content (AvgIpc) is 3.23. The average molecular weight is 466 g/mol. The van der Waals surface area contributed by atoms with Gasteiger partial charge in [0.1, 0.15) is 11.9 Å². The zero-order valence-electron chi connectivity index (χ0n) is 18.7. The quantitative estimate of drug-likeness (QED) is 0.612. The fourth-order valence-corrected chi connectivity index (χ4v) is 5.80. The molecule has 5 rings (SSSR count). The minimum Gasteiger partial charge on any atom is -0.458 e. The molecule has 0 bridgehead atoms. The molecule has 2 aliphatic heterocycles. The molecule has 0 aliphatic carbocycles. The van der Waals surface area contributed by atoms with Crippen LogP contribution in [0.2, 0.25) is 0 Å². The Balaban J connectivity index is 1.49. The molecule has 2 N–H and O–H groups in total. The molecular weight excluding hydrogens is 438 g/mol. The molecule has 1 fully saturated rings. The predicted molar refractivity (Wildman–Crippen MR) is 131 cm³/mol. The summed E-state index contributed by atoms with van der Waals surface area (Å²) in [5.74, 6) is 0.809. The molecule has 172 valence electrons. The zero-order valence-corrected chi connectivity index (χ0v) is 19.5. The molecule has 0 amide bonds. The number of fused-ring (bicyclic) bond motifs is 2. The van der Waals surface area contributed by atoms with Crippen LogP contribution < -0.4 is 15.5 Å². The van der Waals surface area contributed by atoms with Crippen LogP contribution in [0.4, 0.5) is 11.5 Å². The number of nitrogens with one attached hydrogen (secondary N) is 2. The molecule has 0 spiro atoms. The van der Waals surface area contributed by atoms with Crippen LogP contribution in [-0.4, -0.2) is 58.0 Å². The van der Waals surface area contributed by atoms with Crippen LogP contribution in [0, 0.1) is 6.92 Å². The molecule has 2 aromatic carbocycles. The lowest BCUT2D eigenvalue weighted by Crippen LogP contribution is -2.27. The Morgan fingerprint density at radius 2 is 2.09 bits per heavy atom. The molecule has 1 atom stereocenters. The van der Waals surface area contributed by atoms with Crippen molar-refractivity contribution in [1.29, 1.82) is 0 Å². The van der Waals surface area contributed by atoms with Gasteiger partial charge in [-0.1, -0.05) is 29.8 Å². The third-order valence-electron chi connectivity index (χ3n) is 6.06. The molecule has 9 heteroatoms. The van der Waals surface area contributed by atoms with Crippen LogP contribution in [0.25, 0.3) is 10.9 Å². The van der Waals surface area contributed by atoms with Gasteiger partial charge in [0.15, 0.2) is 9.84 Å². The Hall–Kier alpha value is -3.33. The van der Waals surface area contributed by atoms with Crippen molar-refractivity contribution in [1.82, 2.24) is 10.3 Å². The van der Waals surface area contributed by atoms with Crippen molar-refractivity contribution in [3.63, 3.8) is 0 Å². The van der Waals surface area contributed by atoms with E-state index in [2.05, 4.69) is 28.6 Å². The van der Waals surface area contributed by atoms with Gasteiger partial charge in [-0.05, 0) is 30.7 Å². The number of hydrogen-bond donors (Lipinski definition) is 2. The first-order chi connectivity index (χ1) is 15.9. The molecular formula is C24H27N5O3S. The van der Waals surface area contributed by atoms with Crippen LogP contribution in [0.5, 0.6) is 0 Å². The van der Waals surface area contributed by atoms with E-state index in [1.807, 2.05) is 35.2 Å². The van der Waals surface area contributed by atoms with Crippen molar-refractivity contribution in [2.24, 2.45) is 4.99 Å². The number of aliphatic imine (C=N–C) groups is 1. The first-order valence-electron chi connectivity index (χ1n) is 11.0. The lowest BCUT2D eigenvalue weighted by atomic mass is 10.1. The SMILES string of the molecule is CN=C1NCC(CNc2cc(N3CCS(=O)(=O)c4ccccc4C3)nc3ccc(C)cc23)O1. The Morgan fingerprint density at radius 3 is 2.91 bits per heavy atom. The monoisotopic (exact) mass is 465 g/mol. The molecule has 1 aromatic heterocycles. The van der Waals surface area contributed by atoms with Crippen molar-refractivity contribution in [2.45, 2.75) is 24.5 Å². The van der Waals surface area contributed by atoms with E-state index < -0.39 is 9.84 Å². The van der Waals surface area contributed by atoms with E-state index in [0.717, 1.165) is 33.5 Å². The van der Waals surface area contributed by atoms with Gasteiger partial charge in [0.25, 0.3) is 6.02 Å². The maximum atomic E-state index is 12.8. The normalized spacial score (nSPS) is 20.7. The van der Waals surface area contributed by atoms with Gasteiger partial charge in [0.05, 0.1) is 29.3 Å². The number of sulfone groups is 1. The number of anilines is 2. The van der Waals surface area contributed by atoms with E-state index in [1.54, 1.807) is 19.2 Å². The van der Waals surface area contributed by atoms with Gasteiger partial charge in [0, 0.05) is 37.3 Å².